The second-order valence-electron chi connectivity index (χ2n) is 5.01. The van der Waals surface area contributed by atoms with Gasteiger partial charge in [0.2, 0.25) is 0 Å². The van der Waals surface area contributed by atoms with Crippen LogP contribution in [0.3, 0.4) is 0 Å². The van der Waals surface area contributed by atoms with Gasteiger partial charge in [0.05, 0.1) is 6.61 Å². The molecule has 3 rings (SSSR count). The third kappa shape index (κ3) is 2.64. The third-order valence-electron chi connectivity index (χ3n) is 3.69. The molecule has 98 valence electrons. The third-order valence-corrected chi connectivity index (χ3v) is 3.69. The topological polar surface area (TPSA) is 29.5 Å². The van der Waals surface area contributed by atoms with Gasteiger partial charge in [-0.2, -0.15) is 0 Å². The largest absolute Gasteiger partial charge is 0.457 e. The van der Waals surface area contributed by atoms with Crippen molar-refractivity contribution in [1.82, 2.24) is 0 Å². The number of aliphatic hydroxyl groups is 1. The van der Waals surface area contributed by atoms with Crippen LogP contribution in [0.4, 0.5) is 0 Å². The summed E-state index contributed by atoms with van der Waals surface area (Å²) >= 11 is 0. The van der Waals surface area contributed by atoms with Gasteiger partial charge in [-0.3, -0.25) is 0 Å². The van der Waals surface area contributed by atoms with Crippen LogP contribution >= 0.6 is 0 Å². The molecule has 2 heteroatoms. The first kappa shape index (κ1) is 12.2. The van der Waals surface area contributed by atoms with Gasteiger partial charge < -0.3 is 9.84 Å². The van der Waals surface area contributed by atoms with Gasteiger partial charge in [-0.1, -0.05) is 24.3 Å². The molecule has 0 fully saturated rings. The molecule has 0 radical (unpaired) electrons. The molecular weight excluding hydrogens is 236 g/mol. The van der Waals surface area contributed by atoms with Crippen LogP contribution in [-0.2, 0) is 19.4 Å². The zero-order chi connectivity index (χ0) is 13.1. The second kappa shape index (κ2) is 5.45. The number of aryl methyl sites for hydroxylation is 2. The number of ether oxygens (including phenoxy) is 1. The number of rotatable bonds is 3. The van der Waals surface area contributed by atoms with Crippen molar-refractivity contribution < 1.29 is 9.84 Å². The minimum absolute atomic E-state index is 0.00111. The number of hydrogen-bond acceptors (Lipinski definition) is 2. The van der Waals surface area contributed by atoms with E-state index in [1.54, 1.807) is 0 Å². The van der Waals surface area contributed by atoms with Gasteiger partial charge in [0, 0.05) is 5.56 Å². The predicted octanol–water partition coefficient (Wildman–Crippen LogP) is 3.85. The summed E-state index contributed by atoms with van der Waals surface area (Å²) < 4.78 is 5.91. The molecular formula is C17H18O2. The fourth-order valence-electron chi connectivity index (χ4n) is 2.63. The molecule has 19 heavy (non-hydrogen) atoms. The van der Waals surface area contributed by atoms with Crippen molar-refractivity contribution in [3.8, 4) is 11.5 Å². The standard InChI is InChI=1S/C17H18O2/c18-12-15-7-3-4-8-17(15)19-16-10-9-13-5-1-2-6-14(13)11-16/h3-4,7-11,18H,1-2,5-6,12H2. The fraction of sp³-hybridized carbons (Fsp3) is 0.294. The molecule has 0 amide bonds. The van der Waals surface area contributed by atoms with E-state index in [9.17, 15) is 5.11 Å². The molecule has 0 atom stereocenters. The van der Waals surface area contributed by atoms with Crippen LogP contribution in [0.2, 0.25) is 0 Å². The molecule has 0 heterocycles. The van der Waals surface area contributed by atoms with Gasteiger partial charge in [-0.05, 0) is 55.0 Å². The highest BCUT2D eigenvalue weighted by molar-refractivity contribution is 5.41. The SMILES string of the molecule is OCc1ccccc1Oc1ccc2c(c1)CCCC2. The number of aliphatic hydroxyl groups excluding tert-OH is 1. The van der Waals surface area contributed by atoms with E-state index in [1.165, 1.54) is 30.4 Å². The van der Waals surface area contributed by atoms with E-state index in [-0.39, 0.29) is 6.61 Å². The molecule has 0 unspecified atom stereocenters. The molecule has 0 spiro atoms. The summed E-state index contributed by atoms with van der Waals surface area (Å²) in [6, 6.07) is 13.9. The Labute approximate surface area is 113 Å². The number of fused-ring (bicyclic) bond motifs is 1. The molecule has 0 saturated heterocycles. The Morgan fingerprint density at radius 3 is 2.58 bits per heavy atom. The maximum Gasteiger partial charge on any atom is 0.132 e. The second-order valence-corrected chi connectivity index (χ2v) is 5.01. The van der Waals surface area contributed by atoms with Gasteiger partial charge in [0.15, 0.2) is 0 Å². The first-order chi connectivity index (χ1) is 9.36. The average Bonchev–Trinajstić information content (AvgIpc) is 2.48. The van der Waals surface area contributed by atoms with Crippen LogP contribution in [0.1, 0.15) is 29.5 Å². The normalized spacial score (nSPS) is 13.9. The molecule has 2 aromatic rings. The van der Waals surface area contributed by atoms with Crippen molar-refractivity contribution in [1.29, 1.82) is 0 Å². The van der Waals surface area contributed by atoms with E-state index in [0.29, 0.717) is 0 Å². The van der Waals surface area contributed by atoms with Crippen LogP contribution in [0.15, 0.2) is 42.5 Å². The maximum atomic E-state index is 9.31. The van der Waals surface area contributed by atoms with E-state index in [0.717, 1.165) is 23.5 Å². The van der Waals surface area contributed by atoms with Crippen LogP contribution in [0.25, 0.3) is 0 Å². The molecule has 1 aliphatic rings. The summed E-state index contributed by atoms with van der Waals surface area (Å²) in [6.07, 6.45) is 4.89. The molecule has 0 aliphatic heterocycles. The van der Waals surface area contributed by atoms with Crippen LogP contribution < -0.4 is 4.74 Å². The van der Waals surface area contributed by atoms with Crippen molar-refractivity contribution >= 4 is 0 Å². The molecule has 0 saturated carbocycles. The average molecular weight is 254 g/mol. The Hall–Kier alpha value is -1.80. The van der Waals surface area contributed by atoms with Crippen molar-refractivity contribution in [2.24, 2.45) is 0 Å². The minimum atomic E-state index is 0.00111. The molecule has 1 N–H and O–H groups in total. The van der Waals surface area contributed by atoms with E-state index in [2.05, 4.69) is 12.1 Å². The van der Waals surface area contributed by atoms with E-state index < -0.39 is 0 Å². The Kier molecular flexibility index (Phi) is 3.51. The highest BCUT2D eigenvalue weighted by Gasteiger charge is 2.11. The molecule has 2 aromatic carbocycles. The van der Waals surface area contributed by atoms with E-state index in [4.69, 9.17) is 4.74 Å². The van der Waals surface area contributed by atoms with E-state index in [1.807, 2.05) is 30.3 Å². The van der Waals surface area contributed by atoms with Crippen molar-refractivity contribution in [3.63, 3.8) is 0 Å². The van der Waals surface area contributed by atoms with Gasteiger partial charge in [0.1, 0.15) is 11.5 Å². The number of hydrogen-bond donors (Lipinski definition) is 1. The molecule has 1 aliphatic carbocycles. The first-order valence-corrected chi connectivity index (χ1v) is 6.85. The smallest absolute Gasteiger partial charge is 0.132 e. The monoisotopic (exact) mass is 254 g/mol. The minimum Gasteiger partial charge on any atom is -0.457 e. The predicted molar refractivity (Wildman–Crippen MR) is 75.5 cm³/mol. The summed E-state index contributed by atoms with van der Waals surface area (Å²) in [4.78, 5) is 0. The number of benzene rings is 2. The van der Waals surface area contributed by atoms with Gasteiger partial charge in [0.25, 0.3) is 0 Å². The lowest BCUT2D eigenvalue weighted by atomic mass is 9.92. The van der Waals surface area contributed by atoms with Crippen molar-refractivity contribution in [2.45, 2.75) is 32.3 Å². The summed E-state index contributed by atoms with van der Waals surface area (Å²) in [7, 11) is 0. The lowest BCUT2D eigenvalue weighted by Gasteiger charge is -2.17. The molecule has 0 bridgehead atoms. The Morgan fingerprint density at radius 2 is 1.74 bits per heavy atom. The summed E-state index contributed by atoms with van der Waals surface area (Å²) in [5, 5.41) is 9.31. The summed E-state index contributed by atoms with van der Waals surface area (Å²) in [5.74, 6) is 1.60. The Balaban J connectivity index is 1.87. The summed E-state index contributed by atoms with van der Waals surface area (Å²) in [5.41, 5.74) is 3.68. The summed E-state index contributed by atoms with van der Waals surface area (Å²) in [6.45, 7) is 0.00111. The van der Waals surface area contributed by atoms with E-state index >= 15 is 0 Å². The quantitative estimate of drug-likeness (QED) is 0.901. The van der Waals surface area contributed by atoms with Crippen molar-refractivity contribution in [3.05, 3.63) is 59.2 Å². The lowest BCUT2D eigenvalue weighted by molar-refractivity contribution is 0.276. The van der Waals surface area contributed by atoms with Crippen LogP contribution in [-0.4, -0.2) is 5.11 Å². The van der Waals surface area contributed by atoms with Crippen LogP contribution in [0.5, 0.6) is 11.5 Å². The van der Waals surface area contributed by atoms with Gasteiger partial charge in [-0.15, -0.1) is 0 Å². The Morgan fingerprint density at radius 1 is 0.947 bits per heavy atom. The highest BCUT2D eigenvalue weighted by Crippen LogP contribution is 2.29. The number of para-hydroxylation sites is 1. The molecule has 0 aromatic heterocycles. The first-order valence-electron chi connectivity index (χ1n) is 6.85. The lowest BCUT2D eigenvalue weighted by Crippen LogP contribution is -2.02. The van der Waals surface area contributed by atoms with Crippen LogP contribution in [0, 0.1) is 0 Å². The zero-order valence-corrected chi connectivity index (χ0v) is 10.9. The van der Waals surface area contributed by atoms with Crippen molar-refractivity contribution in [2.75, 3.05) is 0 Å². The maximum absolute atomic E-state index is 9.31. The fourth-order valence-corrected chi connectivity index (χ4v) is 2.63. The Bertz CT molecular complexity index is 575. The zero-order valence-electron chi connectivity index (χ0n) is 10.9. The molecule has 2 nitrogen and oxygen atoms in total. The van der Waals surface area contributed by atoms with Gasteiger partial charge in [-0.25, -0.2) is 0 Å². The highest BCUT2D eigenvalue weighted by atomic mass is 16.5. The van der Waals surface area contributed by atoms with Gasteiger partial charge >= 0.3 is 0 Å².